The van der Waals surface area contributed by atoms with Crippen LogP contribution in [-0.4, -0.2) is 24.0 Å². The number of hydrogen-bond acceptors (Lipinski definition) is 2. The second kappa shape index (κ2) is 7.11. The highest BCUT2D eigenvalue weighted by Gasteiger charge is 2.28. The largest absolute Gasteiger partial charge is 0.497 e. The highest BCUT2D eigenvalue weighted by atomic mass is 16.5. The summed E-state index contributed by atoms with van der Waals surface area (Å²) in [6, 6.07) is 6.55. The molecular weight excluding hydrogens is 312 g/mol. The summed E-state index contributed by atoms with van der Waals surface area (Å²) >= 11 is 0. The van der Waals surface area contributed by atoms with Gasteiger partial charge < -0.3 is 15.0 Å². The predicted molar refractivity (Wildman–Crippen MR) is 100.0 cm³/mol. The highest BCUT2D eigenvalue weighted by molar-refractivity contribution is 5.88. The zero-order valence-corrected chi connectivity index (χ0v) is 15.1. The van der Waals surface area contributed by atoms with Crippen molar-refractivity contribution in [2.24, 2.45) is 5.92 Å². The van der Waals surface area contributed by atoms with E-state index in [2.05, 4.69) is 22.4 Å². The number of aromatic nitrogens is 1. The molecule has 1 atom stereocenters. The second-order valence-corrected chi connectivity index (χ2v) is 7.63. The van der Waals surface area contributed by atoms with E-state index in [1.54, 1.807) is 7.11 Å². The third kappa shape index (κ3) is 3.39. The van der Waals surface area contributed by atoms with E-state index in [-0.39, 0.29) is 11.8 Å². The van der Waals surface area contributed by atoms with Crippen molar-refractivity contribution in [2.75, 3.05) is 7.11 Å². The summed E-state index contributed by atoms with van der Waals surface area (Å²) in [6.07, 6.45) is 10.2. The smallest absolute Gasteiger partial charge is 0.223 e. The standard InChI is InChI=1S/C21H28N2O2/c1-25-16-9-11-20-18(13-16)17-12-14(8-10-19(17)23-20)21(24)22-15-6-4-2-3-5-7-15/h9,11,13-15,23H,2-8,10,12H2,1H3,(H,22,24). The number of rotatable bonds is 3. The molecule has 134 valence electrons. The number of fused-ring (bicyclic) bond motifs is 3. The van der Waals surface area contributed by atoms with Crippen LogP contribution in [0.1, 0.15) is 56.2 Å². The number of amides is 1. The first-order valence-corrected chi connectivity index (χ1v) is 9.72. The predicted octanol–water partition coefficient (Wildman–Crippen LogP) is 4.12. The second-order valence-electron chi connectivity index (χ2n) is 7.63. The number of hydrogen-bond donors (Lipinski definition) is 2. The first-order chi connectivity index (χ1) is 12.2. The first-order valence-electron chi connectivity index (χ1n) is 9.72. The van der Waals surface area contributed by atoms with Crippen molar-refractivity contribution in [3.05, 3.63) is 29.5 Å². The van der Waals surface area contributed by atoms with Crippen LogP contribution in [0.4, 0.5) is 0 Å². The molecule has 4 heteroatoms. The van der Waals surface area contributed by atoms with Gasteiger partial charge in [-0.15, -0.1) is 0 Å². The molecule has 0 radical (unpaired) electrons. The molecule has 2 aliphatic carbocycles. The summed E-state index contributed by atoms with van der Waals surface area (Å²) in [5, 5.41) is 4.56. The number of methoxy groups -OCH3 is 1. The minimum absolute atomic E-state index is 0.0981. The fourth-order valence-electron chi connectivity index (χ4n) is 4.49. The third-order valence-electron chi connectivity index (χ3n) is 5.97. The van der Waals surface area contributed by atoms with Crippen molar-refractivity contribution < 1.29 is 9.53 Å². The van der Waals surface area contributed by atoms with Crippen LogP contribution in [0.25, 0.3) is 10.9 Å². The van der Waals surface area contributed by atoms with E-state index in [1.807, 2.05) is 6.07 Å². The molecule has 0 saturated heterocycles. The maximum absolute atomic E-state index is 12.8. The van der Waals surface area contributed by atoms with Gasteiger partial charge in [0.1, 0.15) is 5.75 Å². The molecule has 1 heterocycles. The molecule has 4 nitrogen and oxygen atoms in total. The molecule has 1 amide bonds. The summed E-state index contributed by atoms with van der Waals surface area (Å²) in [5.74, 6) is 1.23. The van der Waals surface area contributed by atoms with E-state index < -0.39 is 0 Å². The van der Waals surface area contributed by atoms with Crippen LogP contribution in [0, 0.1) is 5.92 Å². The minimum atomic E-state index is 0.0981. The summed E-state index contributed by atoms with van der Waals surface area (Å²) < 4.78 is 5.38. The van der Waals surface area contributed by atoms with Crippen LogP contribution in [0.3, 0.4) is 0 Å². The lowest BCUT2D eigenvalue weighted by Crippen LogP contribution is -2.40. The number of benzene rings is 1. The van der Waals surface area contributed by atoms with Gasteiger partial charge in [0.15, 0.2) is 0 Å². The van der Waals surface area contributed by atoms with Crippen molar-refractivity contribution in [3.8, 4) is 5.75 Å². The van der Waals surface area contributed by atoms with Crippen molar-refractivity contribution in [2.45, 2.75) is 63.8 Å². The number of H-pyrrole nitrogens is 1. The maximum Gasteiger partial charge on any atom is 0.223 e. The van der Waals surface area contributed by atoms with Crippen molar-refractivity contribution >= 4 is 16.8 Å². The first kappa shape index (κ1) is 16.5. The van der Waals surface area contributed by atoms with E-state index in [4.69, 9.17) is 4.74 Å². The molecule has 4 rings (SSSR count). The average molecular weight is 340 g/mol. The zero-order chi connectivity index (χ0) is 17.2. The molecule has 0 spiro atoms. The number of aromatic amines is 1. The zero-order valence-electron chi connectivity index (χ0n) is 15.1. The topological polar surface area (TPSA) is 54.1 Å². The molecule has 0 aliphatic heterocycles. The lowest BCUT2D eigenvalue weighted by Gasteiger charge is -2.25. The van der Waals surface area contributed by atoms with Gasteiger partial charge in [-0.1, -0.05) is 25.7 Å². The molecule has 0 bridgehead atoms. The Balaban J connectivity index is 1.50. The van der Waals surface area contributed by atoms with Crippen molar-refractivity contribution in [3.63, 3.8) is 0 Å². The van der Waals surface area contributed by atoms with Crippen LogP contribution in [0.15, 0.2) is 18.2 Å². The van der Waals surface area contributed by atoms with Gasteiger partial charge in [-0.2, -0.15) is 0 Å². The number of ether oxygens (including phenoxy) is 1. The van der Waals surface area contributed by atoms with Crippen molar-refractivity contribution in [1.29, 1.82) is 0 Å². The minimum Gasteiger partial charge on any atom is -0.497 e. The Bertz CT molecular complexity index is 757. The lowest BCUT2D eigenvalue weighted by atomic mass is 9.85. The SMILES string of the molecule is COc1ccc2[nH]c3c(c2c1)CC(C(=O)NC1CCCCCC1)CC3. The molecule has 1 fully saturated rings. The fraction of sp³-hybridized carbons (Fsp3) is 0.571. The summed E-state index contributed by atoms with van der Waals surface area (Å²) in [6.45, 7) is 0. The Morgan fingerprint density at radius 3 is 2.72 bits per heavy atom. The molecule has 1 unspecified atom stereocenters. The Hall–Kier alpha value is -1.97. The summed E-state index contributed by atoms with van der Waals surface area (Å²) in [7, 11) is 1.70. The Labute approximate surface area is 149 Å². The molecule has 25 heavy (non-hydrogen) atoms. The molecule has 1 saturated carbocycles. The maximum atomic E-state index is 12.8. The van der Waals surface area contributed by atoms with Gasteiger partial charge in [-0.3, -0.25) is 4.79 Å². The monoisotopic (exact) mass is 340 g/mol. The van der Waals surface area contributed by atoms with Gasteiger partial charge in [0.2, 0.25) is 5.91 Å². The number of carbonyl (C=O) groups excluding carboxylic acids is 1. The number of carbonyl (C=O) groups is 1. The average Bonchev–Trinajstić information content (AvgIpc) is 2.80. The summed E-state index contributed by atoms with van der Waals surface area (Å²) in [5.41, 5.74) is 3.75. The van der Waals surface area contributed by atoms with Crippen LogP contribution >= 0.6 is 0 Å². The van der Waals surface area contributed by atoms with E-state index in [9.17, 15) is 4.79 Å². The van der Waals surface area contributed by atoms with Crippen LogP contribution in [0.2, 0.25) is 0 Å². The van der Waals surface area contributed by atoms with E-state index >= 15 is 0 Å². The third-order valence-corrected chi connectivity index (χ3v) is 5.97. The molecular formula is C21H28N2O2. The van der Waals surface area contributed by atoms with Gasteiger partial charge in [-0.25, -0.2) is 0 Å². The van der Waals surface area contributed by atoms with Gasteiger partial charge in [-0.05, 0) is 55.9 Å². The van der Waals surface area contributed by atoms with Gasteiger partial charge in [0, 0.05) is 28.6 Å². The molecule has 2 aliphatic rings. The highest BCUT2D eigenvalue weighted by Crippen LogP contribution is 2.34. The van der Waals surface area contributed by atoms with Gasteiger partial charge >= 0.3 is 0 Å². The fourth-order valence-corrected chi connectivity index (χ4v) is 4.49. The summed E-state index contributed by atoms with van der Waals surface area (Å²) in [4.78, 5) is 16.4. The number of aryl methyl sites for hydroxylation is 1. The van der Waals surface area contributed by atoms with Crippen LogP contribution in [0.5, 0.6) is 5.75 Å². The Kier molecular flexibility index (Phi) is 4.69. The van der Waals surface area contributed by atoms with Crippen LogP contribution < -0.4 is 10.1 Å². The molecule has 1 aromatic carbocycles. The Morgan fingerprint density at radius 2 is 1.96 bits per heavy atom. The number of nitrogens with one attached hydrogen (secondary N) is 2. The van der Waals surface area contributed by atoms with Gasteiger partial charge in [0.25, 0.3) is 0 Å². The normalized spacial score (nSPS) is 21.6. The van der Waals surface area contributed by atoms with Crippen LogP contribution in [-0.2, 0) is 17.6 Å². The van der Waals surface area contributed by atoms with E-state index in [1.165, 1.54) is 42.3 Å². The van der Waals surface area contributed by atoms with E-state index in [0.717, 1.165) is 43.4 Å². The Morgan fingerprint density at radius 1 is 1.16 bits per heavy atom. The quantitative estimate of drug-likeness (QED) is 0.826. The molecule has 2 N–H and O–H groups in total. The molecule has 1 aromatic heterocycles. The lowest BCUT2D eigenvalue weighted by molar-refractivity contribution is -0.126. The van der Waals surface area contributed by atoms with E-state index in [0.29, 0.717) is 6.04 Å². The van der Waals surface area contributed by atoms with Crippen molar-refractivity contribution in [1.82, 2.24) is 10.3 Å². The van der Waals surface area contributed by atoms with Gasteiger partial charge in [0.05, 0.1) is 7.11 Å². The molecule has 2 aromatic rings.